The molecule has 0 spiro atoms. The number of hydrogen-bond acceptors (Lipinski definition) is 6. The third-order valence-corrected chi connectivity index (χ3v) is 5.72. The van der Waals surface area contributed by atoms with E-state index in [1.54, 1.807) is 24.4 Å². The van der Waals surface area contributed by atoms with Crippen molar-refractivity contribution in [2.24, 2.45) is 5.41 Å². The summed E-state index contributed by atoms with van der Waals surface area (Å²) in [6, 6.07) is 1.39. The molecule has 0 bridgehead atoms. The molecule has 0 saturated carbocycles. The molecule has 3 heterocycles. The van der Waals surface area contributed by atoms with Crippen molar-refractivity contribution in [1.82, 2.24) is 15.3 Å². The zero-order valence-electron chi connectivity index (χ0n) is 23.7. The second kappa shape index (κ2) is 13.9. The zero-order chi connectivity index (χ0) is 28.5. The number of amides is 1. The first-order valence-electron chi connectivity index (χ1n) is 12.7. The number of nitrogens with zero attached hydrogens (tertiary/aromatic N) is 1. The fraction of sp³-hybridized carbons (Fsp3) is 0.500. The van der Waals surface area contributed by atoms with Gasteiger partial charge in [0.2, 0.25) is 0 Å². The Morgan fingerprint density at radius 3 is 2.55 bits per heavy atom. The maximum Gasteiger partial charge on any atom is 0.497 e. The molecule has 8 nitrogen and oxygen atoms in total. The van der Waals surface area contributed by atoms with Crippen LogP contribution in [0.5, 0.6) is 5.75 Å². The number of pyridine rings is 1. The van der Waals surface area contributed by atoms with E-state index >= 15 is 0 Å². The third-order valence-electron chi connectivity index (χ3n) is 5.40. The first-order valence-corrected chi connectivity index (χ1v) is 13.0. The molecule has 38 heavy (non-hydrogen) atoms. The second-order valence-corrected chi connectivity index (χ2v) is 11.4. The van der Waals surface area contributed by atoms with Gasteiger partial charge in [0.1, 0.15) is 23.1 Å². The Balaban J connectivity index is 0.00000161. The maximum atomic E-state index is 12.5. The Labute approximate surface area is 232 Å². The monoisotopic (exact) mass is 545 g/mol. The lowest BCUT2D eigenvalue weighted by Crippen LogP contribution is -2.48. The number of rotatable bonds is 8. The highest BCUT2D eigenvalue weighted by Crippen LogP contribution is 2.23. The minimum absolute atomic E-state index is 0.0636. The minimum atomic E-state index is -0.615. The SMILES string of the molecule is C=CC.C=Cc1c(CC(COc2cnc(Cl)c(B3OCC(C)(C)CO3)c2)NC(=O)OC(C)(C)C)c[nH]c1C. The summed E-state index contributed by atoms with van der Waals surface area (Å²) >= 11 is 6.32. The van der Waals surface area contributed by atoms with E-state index in [1.807, 2.05) is 40.8 Å². The van der Waals surface area contributed by atoms with E-state index in [4.69, 9.17) is 30.4 Å². The molecular formula is C28H41BClN3O5. The van der Waals surface area contributed by atoms with Gasteiger partial charge in [0, 0.05) is 36.0 Å². The minimum Gasteiger partial charge on any atom is -0.490 e. The highest BCUT2D eigenvalue weighted by atomic mass is 35.5. The Hall–Kier alpha value is -2.75. The molecule has 2 aromatic rings. The summed E-state index contributed by atoms with van der Waals surface area (Å²) in [7, 11) is -0.611. The molecule has 1 saturated heterocycles. The zero-order valence-corrected chi connectivity index (χ0v) is 24.4. The van der Waals surface area contributed by atoms with Gasteiger partial charge >= 0.3 is 13.2 Å². The lowest BCUT2D eigenvalue weighted by molar-refractivity contribution is 0.0343. The molecule has 10 heteroatoms. The fourth-order valence-electron chi connectivity index (χ4n) is 3.69. The van der Waals surface area contributed by atoms with E-state index in [2.05, 4.69) is 42.3 Å². The highest BCUT2D eigenvalue weighted by Gasteiger charge is 2.35. The van der Waals surface area contributed by atoms with Gasteiger partial charge < -0.3 is 29.1 Å². The van der Waals surface area contributed by atoms with Crippen LogP contribution in [0.1, 0.15) is 58.4 Å². The van der Waals surface area contributed by atoms with Crippen molar-refractivity contribution in [3.8, 4) is 5.75 Å². The lowest BCUT2D eigenvalue weighted by Gasteiger charge is -2.33. The van der Waals surface area contributed by atoms with Crippen LogP contribution in [-0.2, 0) is 20.5 Å². The predicted molar refractivity (Wildman–Crippen MR) is 154 cm³/mol. The topological polar surface area (TPSA) is 94.7 Å². The molecule has 1 aliphatic heterocycles. The molecule has 3 rings (SSSR count). The predicted octanol–water partition coefficient (Wildman–Crippen LogP) is 5.49. The summed E-state index contributed by atoms with van der Waals surface area (Å²) in [4.78, 5) is 20.0. The van der Waals surface area contributed by atoms with Crippen molar-refractivity contribution in [3.63, 3.8) is 0 Å². The van der Waals surface area contributed by atoms with Crippen LogP contribution in [0, 0.1) is 12.3 Å². The molecule has 2 N–H and O–H groups in total. The number of hydrogen-bond donors (Lipinski definition) is 2. The van der Waals surface area contributed by atoms with Crippen LogP contribution in [0.4, 0.5) is 4.79 Å². The smallest absolute Gasteiger partial charge is 0.490 e. The van der Waals surface area contributed by atoms with Gasteiger partial charge in [-0.1, -0.05) is 44.2 Å². The normalized spacial score (nSPS) is 15.5. The Morgan fingerprint density at radius 1 is 1.34 bits per heavy atom. The molecule has 208 valence electrons. The van der Waals surface area contributed by atoms with Gasteiger partial charge in [-0.25, -0.2) is 9.78 Å². The fourth-order valence-corrected chi connectivity index (χ4v) is 3.89. The number of nitrogens with one attached hydrogen (secondary N) is 2. The van der Waals surface area contributed by atoms with Gasteiger partial charge in [0.15, 0.2) is 0 Å². The molecular weight excluding hydrogens is 505 g/mol. The summed E-state index contributed by atoms with van der Waals surface area (Å²) < 4.78 is 23.2. The summed E-state index contributed by atoms with van der Waals surface area (Å²) in [6.45, 7) is 22.0. The number of H-pyrrole nitrogens is 1. The number of aromatic amines is 1. The molecule has 0 radical (unpaired) electrons. The molecule has 2 aromatic heterocycles. The Bertz CT molecular complexity index is 1090. The molecule has 1 unspecified atom stereocenters. The largest absolute Gasteiger partial charge is 0.497 e. The first kappa shape index (κ1) is 31.5. The molecule has 1 fully saturated rings. The van der Waals surface area contributed by atoms with Gasteiger partial charge in [-0.2, -0.15) is 0 Å². The number of aromatic nitrogens is 2. The van der Waals surface area contributed by atoms with Crippen molar-refractivity contribution in [3.05, 3.63) is 59.7 Å². The van der Waals surface area contributed by atoms with Crippen LogP contribution in [0.3, 0.4) is 0 Å². The summed E-state index contributed by atoms with van der Waals surface area (Å²) in [5.74, 6) is 0.492. The van der Waals surface area contributed by atoms with Crippen molar-refractivity contribution < 1.29 is 23.6 Å². The maximum absolute atomic E-state index is 12.5. The van der Waals surface area contributed by atoms with Crippen LogP contribution in [0.2, 0.25) is 5.15 Å². The number of halogens is 1. The van der Waals surface area contributed by atoms with E-state index in [0.717, 1.165) is 16.8 Å². The molecule has 1 atom stereocenters. The number of carbonyl (C=O) groups is 1. The van der Waals surface area contributed by atoms with E-state index in [9.17, 15) is 4.79 Å². The van der Waals surface area contributed by atoms with Crippen LogP contribution >= 0.6 is 11.6 Å². The molecule has 0 aliphatic carbocycles. The van der Waals surface area contributed by atoms with E-state index in [-0.39, 0.29) is 18.1 Å². The Kier molecular flexibility index (Phi) is 11.5. The summed E-state index contributed by atoms with van der Waals surface area (Å²) in [5, 5.41) is 3.22. The van der Waals surface area contributed by atoms with Gasteiger partial charge in [0.05, 0.1) is 12.2 Å². The van der Waals surface area contributed by atoms with E-state index < -0.39 is 18.8 Å². The van der Waals surface area contributed by atoms with Crippen molar-refractivity contribution in [2.75, 3.05) is 19.8 Å². The van der Waals surface area contributed by atoms with E-state index in [0.29, 0.717) is 36.0 Å². The van der Waals surface area contributed by atoms with Gasteiger partial charge in [0.25, 0.3) is 0 Å². The molecule has 1 amide bonds. The third kappa shape index (κ3) is 9.85. The highest BCUT2D eigenvalue weighted by molar-refractivity contribution is 6.64. The van der Waals surface area contributed by atoms with Crippen LogP contribution in [0.25, 0.3) is 6.08 Å². The van der Waals surface area contributed by atoms with Crippen molar-refractivity contribution >= 4 is 36.4 Å². The van der Waals surface area contributed by atoms with Crippen LogP contribution < -0.4 is 15.5 Å². The standard InChI is InChI=1S/C25H35BClN3O5.C3H6/c1-8-20-16(2)28-11-17(20)9-18(30-23(31)35-24(3,4)5)13-32-19-10-21(22(27)29-12-19)26-33-14-25(6,7)15-34-26;1-3-2/h8,10-12,18,28H,1,9,13-15H2,2-7H3,(H,30,31);3H,1H2,2H3. The average molecular weight is 546 g/mol. The van der Waals surface area contributed by atoms with Crippen molar-refractivity contribution in [1.29, 1.82) is 0 Å². The molecule has 0 aromatic carbocycles. The molecule has 1 aliphatic rings. The summed E-state index contributed by atoms with van der Waals surface area (Å²) in [5.41, 5.74) is 2.96. The number of carbonyl (C=O) groups excluding carboxylic acids is 1. The van der Waals surface area contributed by atoms with Gasteiger partial charge in [-0.15, -0.1) is 6.58 Å². The number of alkyl carbamates (subject to hydrolysis) is 1. The number of allylic oxidation sites excluding steroid dienone is 1. The van der Waals surface area contributed by atoms with Crippen LogP contribution in [-0.4, -0.2) is 54.6 Å². The Morgan fingerprint density at radius 2 is 1.97 bits per heavy atom. The van der Waals surface area contributed by atoms with Gasteiger partial charge in [-0.3, -0.25) is 0 Å². The quantitative estimate of drug-likeness (QED) is 0.259. The van der Waals surface area contributed by atoms with Crippen LogP contribution in [0.15, 0.2) is 37.7 Å². The second-order valence-electron chi connectivity index (χ2n) is 11.0. The number of aryl methyl sites for hydroxylation is 1. The van der Waals surface area contributed by atoms with E-state index in [1.165, 1.54) is 0 Å². The lowest BCUT2D eigenvalue weighted by atomic mass is 9.76. The summed E-state index contributed by atoms with van der Waals surface area (Å²) in [6.07, 6.45) is 7.01. The number of ether oxygens (including phenoxy) is 2. The van der Waals surface area contributed by atoms with Crippen molar-refractivity contribution in [2.45, 2.75) is 66.5 Å². The van der Waals surface area contributed by atoms with Gasteiger partial charge in [-0.05, 0) is 58.2 Å². The first-order chi connectivity index (χ1) is 17.8. The average Bonchev–Trinajstić information content (AvgIpc) is 3.16.